The first-order valence-corrected chi connectivity index (χ1v) is 19.7. The first-order chi connectivity index (χ1) is 35.9. The normalized spacial score (nSPS) is 17.5. The molecule has 4 nitrogen and oxygen atoms in total. The molecule has 1 N–H and O–H groups in total. The molecule has 302 valence electrons. The second-order valence-corrected chi connectivity index (χ2v) is 16.5. The highest BCUT2D eigenvalue weighted by atomic mass is 16.3. The Morgan fingerprint density at radius 1 is 0.633 bits per heavy atom. The number of phenolic OH excluding ortho intramolecular Hbond substituents is 1. The minimum atomic E-state index is -3.93. The molecule has 0 atom stereocenters. The maximum absolute atomic E-state index is 11.4. The van der Waals surface area contributed by atoms with Crippen LogP contribution in [0.15, 0.2) is 146 Å². The predicted octanol–water partition coefficient (Wildman–Crippen LogP) is 15.3. The van der Waals surface area contributed by atoms with Gasteiger partial charge in [-0.2, -0.15) is 0 Å². The van der Waals surface area contributed by atoms with Crippen LogP contribution in [0.1, 0.15) is 128 Å². The molecule has 0 aliphatic rings. The summed E-state index contributed by atoms with van der Waals surface area (Å²) in [4.78, 5) is 9.59. The minimum Gasteiger partial charge on any atom is -0.507 e. The van der Waals surface area contributed by atoms with E-state index in [1.165, 1.54) is 0 Å². The minimum absolute atomic E-state index is 0.0328. The Bertz CT molecular complexity index is 3590. The maximum Gasteiger partial charge on any atom is 0.149 e. The molecule has 60 heavy (non-hydrogen) atoms. The van der Waals surface area contributed by atoms with Crippen LogP contribution in [0.2, 0.25) is 0 Å². The highest BCUT2D eigenvalue weighted by Gasteiger charge is 2.23. The van der Waals surface area contributed by atoms with Gasteiger partial charge in [-0.25, -0.2) is 4.98 Å². The molecule has 8 rings (SSSR count). The number of para-hydroxylation sites is 2. The Kier molecular flexibility index (Phi) is 6.32. The molecule has 0 saturated carbocycles. The average molecular weight is 806 g/mol. The Labute approximate surface area is 382 Å². The van der Waals surface area contributed by atoms with Crippen LogP contribution in [0.4, 0.5) is 0 Å². The maximum atomic E-state index is 11.4. The van der Waals surface area contributed by atoms with Gasteiger partial charge in [-0.3, -0.25) is 9.55 Å². The number of fused-ring (bicyclic) bond motifs is 1. The molecule has 0 aliphatic heterocycles. The molecule has 0 fully saturated rings. The number of rotatable bonds is 8. The lowest BCUT2D eigenvalue weighted by Gasteiger charge is -2.22. The molecule has 2 aromatic heterocycles. The van der Waals surface area contributed by atoms with E-state index in [1.54, 1.807) is 36.4 Å². The highest BCUT2D eigenvalue weighted by Crippen LogP contribution is 2.41. The van der Waals surface area contributed by atoms with Crippen LogP contribution in [0.25, 0.3) is 72.7 Å². The summed E-state index contributed by atoms with van der Waals surface area (Å²) in [5, 5.41) is 11.4. The van der Waals surface area contributed by atoms with Gasteiger partial charge in [0.1, 0.15) is 11.6 Å². The summed E-state index contributed by atoms with van der Waals surface area (Å²) in [5.74, 6) is -1.62. The standard InChI is InChI=1S/C56H57N3O/c1-35(2)45-16-13-17-46(36(3)4)52(45)38-23-27-44(28-24-38)59-50-19-14-18-47(53(50)58-54(59)48-15-11-12-20-51(48)60)40-31-41(33-43(32-40)56(8,9)10)49-34-39(29-30-57-49)37-21-25-42(26-22-37)55(5,6)7/h11-36,60H,1-10H3/i5D3,6D3,7D3,21D,22D,25D,26D,29D,30D,34D,35D,36D. The summed E-state index contributed by atoms with van der Waals surface area (Å²) in [6, 6.07) is 24.8. The van der Waals surface area contributed by atoms with Crippen molar-refractivity contribution >= 4 is 11.0 Å². The molecule has 4 heteroatoms. The van der Waals surface area contributed by atoms with Crippen molar-refractivity contribution in [1.29, 1.82) is 0 Å². The van der Waals surface area contributed by atoms with Gasteiger partial charge in [0.25, 0.3) is 0 Å². The van der Waals surface area contributed by atoms with Crippen LogP contribution in [-0.2, 0) is 10.8 Å². The Hall–Kier alpha value is -6.26. The molecule has 0 spiro atoms. The van der Waals surface area contributed by atoms with Crippen molar-refractivity contribution in [3.8, 4) is 67.5 Å². The van der Waals surface area contributed by atoms with Gasteiger partial charge >= 0.3 is 0 Å². The predicted molar refractivity (Wildman–Crippen MR) is 253 cm³/mol. The van der Waals surface area contributed by atoms with Gasteiger partial charge < -0.3 is 5.11 Å². The van der Waals surface area contributed by atoms with E-state index in [2.05, 4.69) is 4.98 Å². The fourth-order valence-corrected chi connectivity index (χ4v) is 7.47. The van der Waals surface area contributed by atoms with Crippen molar-refractivity contribution in [3.05, 3.63) is 168 Å². The SMILES string of the molecule is [2H]c1nc(-c2cc(-c3cccc4c3nc(-c3ccccc3O)n4-c3ccc(-c4c(C([2H])(C)C)cccc4C([2H])(C)C)cc3)cc(C(C)(C)C)c2)c([2H])c(-c2c([2H])c([2H])c(C(C([2H])([2H])[2H])(C([2H])([2H])[2H])C([2H])([2H])[2H])c([2H])c2[2H])c1[2H]. The molecule has 2 heterocycles. The van der Waals surface area contributed by atoms with Gasteiger partial charge in [-0.1, -0.05) is 154 Å². The number of pyridine rings is 1. The first kappa shape index (κ1) is 24.1. The van der Waals surface area contributed by atoms with Crippen molar-refractivity contribution in [2.75, 3.05) is 0 Å². The Balaban J connectivity index is 1.37. The van der Waals surface area contributed by atoms with E-state index >= 15 is 0 Å². The topological polar surface area (TPSA) is 50.9 Å². The van der Waals surface area contributed by atoms with Crippen molar-refractivity contribution in [2.45, 2.75) is 91.6 Å². The van der Waals surface area contributed by atoms with E-state index in [-0.39, 0.29) is 17.0 Å². The van der Waals surface area contributed by atoms with Crippen molar-refractivity contribution < 1.29 is 29.8 Å². The fourth-order valence-electron chi connectivity index (χ4n) is 7.47. The van der Waals surface area contributed by atoms with Crippen LogP contribution < -0.4 is 0 Å². The lowest BCUT2D eigenvalue weighted by Crippen LogP contribution is -2.11. The van der Waals surface area contributed by atoms with E-state index in [9.17, 15) is 6.48 Å². The zero-order valence-corrected chi connectivity index (χ0v) is 34.6. The third-order valence-corrected chi connectivity index (χ3v) is 10.6. The summed E-state index contributed by atoms with van der Waals surface area (Å²) >= 11 is 0. The van der Waals surface area contributed by atoms with E-state index in [1.807, 2.05) is 120 Å². The van der Waals surface area contributed by atoms with E-state index < -0.39 is 102 Å². The number of hydrogen-bond acceptors (Lipinski definition) is 3. The van der Waals surface area contributed by atoms with Gasteiger partial charge in [0.2, 0.25) is 0 Å². The van der Waals surface area contributed by atoms with Crippen LogP contribution in [0.3, 0.4) is 0 Å². The van der Waals surface area contributed by atoms with Crippen molar-refractivity contribution in [1.82, 2.24) is 14.5 Å². The molecule has 0 aliphatic carbocycles. The van der Waals surface area contributed by atoms with Crippen LogP contribution in [0, 0.1) is 0 Å². The zero-order chi connectivity index (χ0) is 57.9. The van der Waals surface area contributed by atoms with E-state index in [4.69, 9.17) is 28.3 Å². The summed E-state index contributed by atoms with van der Waals surface area (Å²) in [7, 11) is 0. The van der Waals surface area contributed by atoms with Crippen molar-refractivity contribution in [3.63, 3.8) is 0 Å². The first-order valence-electron chi connectivity index (χ1n) is 28.7. The summed E-state index contributed by atoms with van der Waals surface area (Å²) in [6.07, 6.45) is -0.743. The molecule has 0 bridgehead atoms. The zero-order valence-electron chi connectivity index (χ0n) is 52.6. The smallest absolute Gasteiger partial charge is 0.149 e. The van der Waals surface area contributed by atoms with Crippen LogP contribution in [0.5, 0.6) is 5.75 Å². The van der Waals surface area contributed by atoms with Gasteiger partial charge in [-0.05, 0) is 127 Å². The molecule has 6 aromatic carbocycles. The molecule has 8 aromatic rings. The van der Waals surface area contributed by atoms with Gasteiger partial charge in [0, 0.05) is 38.1 Å². The fraction of sp³-hybridized carbons (Fsp3) is 0.250. The highest BCUT2D eigenvalue weighted by molar-refractivity contribution is 5.97. The molecule has 0 unspecified atom stereocenters. The second-order valence-electron chi connectivity index (χ2n) is 16.5. The summed E-state index contributed by atoms with van der Waals surface area (Å²) in [5.41, 5.74) is -0.0837. The van der Waals surface area contributed by atoms with Gasteiger partial charge in [-0.15, -0.1) is 0 Å². The molecular weight excluding hydrogens is 731 g/mol. The second kappa shape index (κ2) is 15.7. The molecular formula is C56H57N3O. The Morgan fingerprint density at radius 2 is 1.28 bits per heavy atom. The summed E-state index contributed by atoms with van der Waals surface area (Å²) < 4.78 is 158. The number of hydrogen-bond donors (Lipinski definition) is 1. The van der Waals surface area contributed by atoms with Gasteiger partial charge in [0.05, 0.1) is 31.9 Å². The number of imidazole rings is 1. The molecule has 0 saturated heterocycles. The van der Waals surface area contributed by atoms with E-state index in [0.717, 1.165) is 22.3 Å². The van der Waals surface area contributed by atoms with E-state index in [0.29, 0.717) is 44.8 Å². The van der Waals surface area contributed by atoms with Crippen LogP contribution >= 0.6 is 0 Å². The monoisotopic (exact) mass is 806 g/mol. The molecule has 0 radical (unpaired) electrons. The van der Waals surface area contributed by atoms with Crippen molar-refractivity contribution in [2.24, 2.45) is 0 Å². The number of phenols is 1. The largest absolute Gasteiger partial charge is 0.507 e. The quantitative estimate of drug-likeness (QED) is 0.166. The van der Waals surface area contributed by atoms with Gasteiger partial charge in [0.15, 0.2) is 0 Å². The van der Waals surface area contributed by atoms with Crippen LogP contribution in [-0.4, -0.2) is 19.6 Å². The Morgan fingerprint density at radius 3 is 1.93 bits per heavy atom. The average Bonchev–Trinajstić information content (AvgIpc) is 3.83. The third kappa shape index (κ3) is 7.79. The number of aromatic nitrogens is 3. The third-order valence-electron chi connectivity index (χ3n) is 10.6. The number of nitrogens with zero attached hydrogens (tertiary/aromatic N) is 3. The number of benzene rings is 6. The summed E-state index contributed by atoms with van der Waals surface area (Å²) in [6.45, 7) is 1.34. The molecule has 0 amide bonds. The lowest BCUT2D eigenvalue weighted by atomic mass is 9.83. The number of aromatic hydroxyl groups is 1. The lowest BCUT2D eigenvalue weighted by molar-refractivity contribution is 0.477.